The van der Waals surface area contributed by atoms with E-state index < -0.39 is 10.0 Å². The van der Waals surface area contributed by atoms with E-state index in [0.717, 1.165) is 40.4 Å². The van der Waals surface area contributed by atoms with Gasteiger partial charge in [-0.15, -0.1) is 0 Å². The first-order valence-electron chi connectivity index (χ1n) is 11.4. The number of sulfonamides is 1. The fourth-order valence-electron chi connectivity index (χ4n) is 4.78. The molecule has 2 N–H and O–H groups in total. The van der Waals surface area contributed by atoms with E-state index in [0.29, 0.717) is 10.8 Å². The van der Waals surface area contributed by atoms with E-state index in [1.807, 2.05) is 48.5 Å². The summed E-state index contributed by atoms with van der Waals surface area (Å²) in [4.78, 5) is 11.3. The molecule has 4 heterocycles. The van der Waals surface area contributed by atoms with Gasteiger partial charge in [-0.25, -0.2) is 13.4 Å². The number of hydrogen-bond acceptors (Lipinski definition) is 5. The number of hydrogen-bond donors (Lipinski definition) is 2. The molecule has 1 saturated heterocycles. The van der Waals surface area contributed by atoms with Crippen molar-refractivity contribution in [3.63, 3.8) is 0 Å². The Labute approximate surface area is 216 Å². The molecule has 0 spiro atoms. The van der Waals surface area contributed by atoms with Gasteiger partial charge >= 0.3 is 0 Å². The molecule has 1 aliphatic heterocycles. The van der Waals surface area contributed by atoms with E-state index in [-0.39, 0.29) is 12.1 Å². The summed E-state index contributed by atoms with van der Waals surface area (Å²) in [6.45, 7) is 4.16. The lowest BCUT2D eigenvalue weighted by molar-refractivity contribution is 0.565. The van der Waals surface area contributed by atoms with Crippen molar-refractivity contribution in [2.75, 3.05) is 15.9 Å². The molecule has 2 atom stereocenters. The lowest BCUT2D eigenvalue weighted by Gasteiger charge is -2.28. The zero-order chi connectivity index (χ0) is 25.4. The first-order chi connectivity index (χ1) is 17.2. The molecule has 1 fully saturated rings. The number of rotatable bonds is 6. The molecule has 0 bridgehead atoms. The second kappa shape index (κ2) is 9.36. The number of nitrogens with zero attached hydrogens (tertiary/aromatic N) is 4. The van der Waals surface area contributed by atoms with Crippen molar-refractivity contribution >= 4 is 38.7 Å². The molecule has 0 amide bonds. The number of thiocarbonyl (C=S) groups is 1. The van der Waals surface area contributed by atoms with Gasteiger partial charge in [0.25, 0.3) is 0 Å². The Morgan fingerprint density at radius 2 is 1.67 bits per heavy atom. The van der Waals surface area contributed by atoms with Crippen LogP contribution in [0.5, 0.6) is 0 Å². The summed E-state index contributed by atoms with van der Waals surface area (Å²) in [6.07, 6.45) is 4.70. The molecule has 0 radical (unpaired) electrons. The second-order valence-electron chi connectivity index (χ2n) is 8.77. The second-order valence-corrected chi connectivity index (χ2v) is 10.9. The zero-order valence-corrected chi connectivity index (χ0v) is 21.7. The number of anilines is 2. The van der Waals surface area contributed by atoms with Crippen LogP contribution in [0.1, 0.15) is 34.7 Å². The number of aryl methyl sites for hydroxylation is 1. The van der Waals surface area contributed by atoms with Gasteiger partial charge in [0, 0.05) is 35.2 Å². The fourth-order valence-corrected chi connectivity index (χ4v) is 5.69. The predicted octanol–water partition coefficient (Wildman–Crippen LogP) is 4.43. The van der Waals surface area contributed by atoms with Gasteiger partial charge in [-0.2, -0.15) is 0 Å². The molecule has 8 nitrogen and oxygen atoms in total. The Bertz CT molecular complexity index is 1500. The molecule has 0 aliphatic carbocycles. The van der Waals surface area contributed by atoms with Gasteiger partial charge in [-0.05, 0) is 86.2 Å². The molecule has 1 aromatic carbocycles. The first-order valence-corrected chi connectivity index (χ1v) is 13.7. The molecule has 0 unspecified atom stereocenters. The predicted molar refractivity (Wildman–Crippen MR) is 146 cm³/mol. The maximum atomic E-state index is 11.7. The minimum absolute atomic E-state index is 0.190. The smallest absolute Gasteiger partial charge is 0.229 e. The van der Waals surface area contributed by atoms with Gasteiger partial charge in [0.2, 0.25) is 10.0 Å². The molecule has 10 heteroatoms. The lowest BCUT2D eigenvalue weighted by Crippen LogP contribution is -2.29. The van der Waals surface area contributed by atoms with Crippen LogP contribution in [-0.4, -0.2) is 34.3 Å². The highest BCUT2D eigenvalue weighted by molar-refractivity contribution is 7.92. The number of nitrogens with one attached hydrogen (secondary N) is 2. The van der Waals surface area contributed by atoms with E-state index in [9.17, 15) is 8.42 Å². The minimum atomic E-state index is -3.37. The Hall–Kier alpha value is -3.76. The Kier molecular flexibility index (Phi) is 6.23. The molecule has 3 aromatic heterocycles. The van der Waals surface area contributed by atoms with Gasteiger partial charge < -0.3 is 14.8 Å². The van der Waals surface area contributed by atoms with Crippen molar-refractivity contribution in [1.82, 2.24) is 19.9 Å². The minimum Gasteiger partial charge on any atom is -0.351 e. The molecule has 0 saturated carbocycles. The van der Waals surface area contributed by atoms with Crippen LogP contribution >= 0.6 is 12.2 Å². The van der Waals surface area contributed by atoms with E-state index in [1.54, 1.807) is 24.5 Å². The number of aromatic nitrogens is 3. The van der Waals surface area contributed by atoms with Crippen molar-refractivity contribution in [3.05, 3.63) is 102 Å². The lowest BCUT2D eigenvalue weighted by atomic mass is 9.96. The standard InChI is InChI=1S/C26H26N6O2S2/c1-17-16-21(18(2)31(17)23-9-5-7-15-28-23)25-24(22-8-4-6-14-27-22)29-26(35)32(25)20-12-10-19(11-13-20)30-36(3,33)34/h4-16,24-25,30H,1-3H3,(H,29,35)/t24-,25+/m1/s1. The largest absolute Gasteiger partial charge is 0.351 e. The highest BCUT2D eigenvalue weighted by Gasteiger charge is 2.42. The molecule has 5 rings (SSSR count). The summed E-state index contributed by atoms with van der Waals surface area (Å²) >= 11 is 5.83. The van der Waals surface area contributed by atoms with Crippen LogP contribution in [0.25, 0.3) is 5.82 Å². The molecule has 36 heavy (non-hydrogen) atoms. The van der Waals surface area contributed by atoms with Crippen LogP contribution in [0.2, 0.25) is 0 Å². The fraction of sp³-hybridized carbons (Fsp3) is 0.192. The van der Waals surface area contributed by atoms with Gasteiger partial charge in [0.05, 0.1) is 24.0 Å². The van der Waals surface area contributed by atoms with Crippen LogP contribution in [0.3, 0.4) is 0 Å². The van der Waals surface area contributed by atoms with Gasteiger partial charge in [-0.3, -0.25) is 9.71 Å². The third-order valence-corrected chi connectivity index (χ3v) is 7.14. The number of benzene rings is 1. The van der Waals surface area contributed by atoms with E-state index in [4.69, 9.17) is 12.2 Å². The topological polar surface area (TPSA) is 92.2 Å². The monoisotopic (exact) mass is 518 g/mol. The summed E-state index contributed by atoms with van der Waals surface area (Å²) in [7, 11) is -3.37. The molecule has 1 aliphatic rings. The van der Waals surface area contributed by atoms with Gasteiger partial charge in [-0.1, -0.05) is 12.1 Å². The summed E-state index contributed by atoms with van der Waals surface area (Å²) in [5.41, 5.74) is 5.43. The van der Waals surface area contributed by atoms with Crippen LogP contribution in [0.4, 0.5) is 11.4 Å². The van der Waals surface area contributed by atoms with E-state index >= 15 is 0 Å². The van der Waals surface area contributed by atoms with Crippen molar-refractivity contribution in [1.29, 1.82) is 0 Å². The molecular formula is C26H26N6O2S2. The summed E-state index contributed by atoms with van der Waals surface area (Å²) < 4.78 is 28.0. The van der Waals surface area contributed by atoms with Gasteiger partial charge in [0.1, 0.15) is 5.82 Å². The van der Waals surface area contributed by atoms with Gasteiger partial charge in [0.15, 0.2) is 5.11 Å². The normalized spacial score (nSPS) is 17.8. The van der Waals surface area contributed by atoms with Crippen molar-refractivity contribution in [3.8, 4) is 5.82 Å². The summed E-state index contributed by atoms with van der Waals surface area (Å²) in [5.74, 6) is 0.851. The van der Waals surface area contributed by atoms with Crippen LogP contribution in [0, 0.1) is 13.8 Å². The highest BCUT2D eigenvalue weighted by atomic mass is 32.2. The van der Waals surface area contributed by atoms with Crippen LogP contribution in [-0.2, 0) is 10.0 Å². The average molecular weight is 519 g/mol. The third-order valence-electron chi connectivity index (χ3n) is 6.21. The van der Waals surface area contributed by atoms with E-state index in [1.165, 1.54) is 0 Å². The van der Waals surface area contributed by atoms with Crippen molar-refractivity contribution in [2.45, 2.75) is 25.9 Å². The maximum absolute atomic E-state index is 11.7. The molecular weight excluding hydrogens is 492 g/mol. The summed E-state index contributed by atoms with van der Waals surface area (Å²) in [5, 5.41) is 4.05. The summed E-state index contributed by atoms with van der Waals surface area (Å²) in [6, 6.07) is 20.7. The maximum Gasteiger partial charge on any atom is 0.229 e. The molecule has 184 valence electrons. The van der Waals surface area contributed by atoms with Crippen LogP contribution < -0.4 is 14.9 Å². The van der Waals surface area contributed by atoms with E-state index in [2.05, 4.69) is 49.4 Å². The SMILES string of the molecule is Cc1cc([C@H]2[C@@H](c3ccccn3)NC(=S)N2c2ccc(NS(C)(=O)=O)cc2)c(C)n1-c1ccccn1. The Morgan fingerprint density at radius 1 is 0.972 bits per heavy atom. The third kappa shape index (κ3) is 4.57. The highest BCUT2D eigenvalue weighted by Crippen LogP contribution is 2.43. The Balaban J connectivity index is 1.62. The average Bonchev–Trinajstić information content (AvgIpc) is 3.35. The quantitative estimate of drug-likeness (QED) is 0.365. The Morgan fingerprint density at radius 3 is 2.28 bits per heavy atom. The zero-order valence-electron chi connectivity index (χ0n) is 20.1. The number of pyridine rings is 2. The first kappa shape index (κ1) is 24.0. The molecule has 4 aromatic rings. The van der Waals surface area contributed by atoms with Crippen molar-refractivity contribution < 1.29 is 8.42 Å². The van der Waals surface area contributed by atoms with Crippen LogP contribution in [0.15, 0.2) is 79.1 Å². The van der Waals surface area contributed by atoms with Crippen molar-refractivity contribution in [2.24, 2.45) is 0 Å².